The Balaban J connectivity index is 3.62. The predicted octanol–water partition coefficient (Wildman–Crippen LogP) is -0.787. The molecule has 5 heteroatoms. The number of nitrogens with zero attached hydrogens (tertiary/aromatic N) is 1. The molecular weight excluding hydrogens is 139 g/mol. The molecule has 0 atom stereocenters. The van der Waals surface area contributed by atoms with E-state index in [1.807, 2.05) is 4.98 Å². The highest BCUT2D eigenvalue weighted by Crippen LogP contribution is 1.76. The lowest BCUT2D eigenvalue weighted by Crippen LogP contribution is -2.32. The molecule has 10 heavy (non-hydrogen) atoms. The van der Waals surface area contributed by atoms with Crippen molar-refractivity contribution in [1.82, 2.24) is 9.55 Å². The normalized spacial score (nSPS) is 9.80. The quantitative estimate of drug-likeness (QED) is 0.485. The average molecular weight is 144 g/mol. The minimum Gasteiger partial charge on any atom is -0.283 e. The summed E-state index contributed by atoms with van der Waals surface area (Å²) >= 11 is 0. The first-order valence-corrected chi connectivity index (χ1v) is 2.57. The van der Waals surface area contributed by atoms with E-state index in [1.165, 1.54) is 7.05 Å². The van der Waals surface area contributed by atoms with E-state index in [0.717, 1.165) is 4.57 Å². The van der Waals surface area contributed by atoms with Gasteiger partial charge in [-0.1, -0.05) is 0 Å². The van der Waals surface area contributed by atoms with Crippen LogP contribution in [0.5, 0.6) is 0 Å². The van der Waals surface area contributed by atoms with Gasteiger partial charge in [-0.3, -0.25) is 14.3 Å². The molecule has 0 unspecified atom stereocenters. The van der Waals surface area contributed by atoms with Gasteiger partial charge in [0.2, 0.25) is 5.95 Å². The number of nitrogens with one attached hydrogen (secondary N) is 1. The SMILES string of the molecule is Cn1c(=O)cc(F)[nH]c1=O. The van der Waals surface area contributed by atoms with Gasteiger partial charge in [0.05, 0.1) is 6.07 Å². The van der Waals surface area contributed by atoms with Crippen molar-refractivity contribution in [3.8, 4) is 0 Å². The van der Waals surface area contributed by atoms with E-state index in [0.29, 0.717) is 6.07 Å². The standard InChI is InChI=1S/C5H5FN2O2/c1-8-4(9)2-3(6)7-5(8)10/h2H,1H3,(H,7,10). The van der Waals surface area contributed by atoms with Gasteiger partial charge in [0.15, 0.2) is 0 Å². The second-order valence-electron chi connectivity index (χ2n) is 1.82. The summed E-state index contributed by atoms with van der Waals surface area (Å²) in [6, 6.07) is 0.710. The molecule has 0 aliphatic heterocycles. The molecule has 0 radical (unpaired) electrons. The van der Waals surface area contributed by atoms with Gasteiger partial charge in [0.25, 0.3) is 5.56 Å². The summed E-state index contributed by atoms with van der Waals surface area (Å²) in [6.07, 6.45) is 0. The van der Waals surface area contributed by atoms with Gasteiger partial charge >= 0.3 is 5.69 Å². The third-order valence-electron chi connectivity index (χ3n) is 1.11. The van der Waals surface area contributed by atoms with Gasteiger partial charge in [0, 0.05) is 7.05 Å². The van der Waals surface area contributed by atoms with E-state index in [9.17, 15) is 14.0 Å². The number of halogens is 1. The maximum Gasteiger partial charge on any atom is 0.330 e. The molecule has 0 fully saturated rings. The van der Waals surface area contributed by atoms with Gasteiger partial charge in [-0.25, -0.2) is 4.79 Å². The topological polar surface area (TPSA) is 54.9 Å². The fourth-order valence-corrected chi connectivity index (χ4v) is 0.527. The zero-order chi connectivity index (χ0) is 7.72. The van der Waals surface area contributed by atoms with Crippen LogP contribution in [0.2, 0.25) is 0 Å². The van der Waals surface area contributed by atoms with Crippen LogP contribution >= 0.6 is 0 Å². The van der Waals surface area contributed by atoms with E-state index in [-0.39, 0.29) is 0 Å². The van der Waals surface area contributed by atoms with Crippen LogP contribution in [-0.4, -0.2) is 9.55 Å². The molecule has 54 valence electrons. The van der Waals surface area contributed by atoms with Crippen LogP contribution in [-0.2, 0) is 7.05 Å². The molecule has 0 aromatic carbocycles. The first-order valence-electron chi connectivity index (χ1n) is 2.57. The average Bonchev–Trinajstić information content (AvgIpc) is 1.82. The molecule has 1 aromatic rings. The maximum absolute atomic E-state index is 12.1. The maximum atomic E-state index is 12.1. The summed E-state index contributed by atoms with van der Waals surface area (Å²) in [5, 5.41) is 0. The van der Waals surface area contributed by atoms with Gasteiger partial charge in [0.1, 0.15) is 0 Å². The van der Waals surface area contributed by atoms with Gasteiger partial charge in [-0.2, -0.15) is 4.39 Å². The summed E-state index contributed by atoms with van der Waals surface area (Å²) in [4.78, 5) is 22.9. The van der Waals surface area contributed by atoms with Crippen LogP contribution in [0.25, 0.3) is 0 Å². The molecule has 1 heterocycles. The van der Waals surface area contributed by atoms with Crippen LogP contribution in [0.4, 0.5) is 4.39 Å². The fraction of sp³-hybridized carbons (Fsp3) is 0.200. The van der Waals surface area contributed by atoms with Crippen molar-refractivity contribution in [2.45, 2.75) is 0 Å². The van der Waals surface area contributed by atoms with Crippen molar-refractivity contribution >= 4 is 0 Å². The minimum atomic E-state index is -0.909. The molecular formula is C5H5FN2O2. The number of aromatic nitrogens is 2. The Bertz CT molecular complexity index is 320. The van der Waals surface area contributed by atoms with Crippen molar-refractivity contribution in [3.05, 3.63) is 32.9 Å². The second kappa shape index (κ2) is 2.09. The third kappa shape index (κ3) is 0.975. The molecule has 1 aromatic heterocycles. The first-order chi connectivity index (χ1) is 4.61. The molecule has 1 N–H and O–H groups in total. The van der Waals surface area contributed by atoms with Crippen LogP contribution in [0, 0.1) is 5.95 Å². The smallest absolute Gasteiger partial charge is 0.283 e. The Morgan fingerprint density at radius 1 is 1.60 bits per heavy atom. The lowest BCUT2D eigenvalue weighted by atomic mass is 10.6. The highest BCUT2D eigenvalue weighted by atomic mass is 19.1. The molecule has 0 aliphatic rings. The first kappa shape index (κ1) is 6.73. The van der Waals surface area contributed by atoms with Crippen LogP contribution in [0.1, 0.15) is 0 Å². The Morgan fingerprint density at radius 2 is 2.20 bits per heavy atom. The van der Waals surface area contributed by atoms with E-state index in [1.54, 1.807) is 0 Å². The molecule has 1 rings (SSSR count). The highest BCUT2D eigenvalue weighted by Gasteiger charge is 1.96. The van der Waals surface area contributed by atoms with Crippen molar-refractivity contribution in [3.63, 3.8) is 0 Å². The molecule has 4 nitrogen and oxygen atoms in total. The van der Waals surface area contributed by atoms with Gasteiger partial charge in [-0.05, 0) is 0 Å². The van der Waals surface area contributed by atoms with E-state index in [2.05, 4.69) is 0 Å². The monoisotopic (exact) mass is 144 g/mol. The molecule has 0 spiro atoms. The zero-order valence-corrected chi connectivity index (χ0v) is 5.22. The van der Waals surface area contributed by atoms with Crippen molar-refractivity contribution in [2.24, 2.45) is 7.05 Å². The molecule has 0 saturated carbocycles. The Labute approximate surface area is 54.9 Å². The Morgan fingerprint density at radius 3 is 2.70 bits per heavy atom. The number of H-pyrrole nitrogens is 1. The summed E-state index contributed by atoms with van der Waals surface area (Å²) < 4.78 is 12.9. The highest BCUT2D eigenvalue weighted by molar-refractivity contribution is 4.84. The van der Waals surface area contributed by atoms with Crippen molar-refractivity contribution in [2.75, 3.05) is 0 Å². The Hall–Kier alpha value is -1.39. The minimum absolute atomic E-state index is 0.652. The number of aromatic amines is 1. The summed E-state index contributed by atoms with van der Waals surface area (Å²) in [5.74, 6) is -0.909. The third-order valence-corrected chi connectivity index (χ3v) is 1.11. The van der Waals surface area contributed by atoms with E-state index >= 15 is 0 Å². The Kier molecular flexibility index (Phi) is 1.41. The number of hydrogen-bond donors (Lipinski definition) is 1. The summed E-state index contributed by atoms with van der Waals surface area (Å²) in [7, 11) is 1.26. The fourth-order valence-electron chi connectivity index (χ4n) is 0.527. The molecule has 0 aliphatic carbocycles. The van der Waals surface area contributed by atoms with Gasteiger partial charge in [-0.15, -0.1) is 0 Å². The second-order valence-corrected chi connectivity index (χ2v) is 1.82. The summed E-state index contributed by atoms with van der Waals surface area (Å²) in [6.45, 7) is 0. The van der Waals surface area contributed by atoms with Gasteiger partial charge < -0.3 is 0 Å². The van der Waals surface area contributed by atoms with Crippen molar-refractivity contribution in [1.29, 1.82) is 0 Å². The lowest BCUT2D eigenvalue weighted by molar-refractivity contribution is 0.555. The molecule has 0 saturated heterocycles. The summed E-state index contributed by atoms with van der Waals surface area (Å²) in [5.41, 5.74) is -1.40. The van der Waals surface area contributed by atoms with E-state index in [4.69, 9.17) is 0 Å². The lowest BCUT2D eigenvalue weighted by Gasteiger charge is -1.91. The largest absolute Gasteiger partial charge is 0.330 e. The van der Waals surface area contributed by atoms with E-state index < -0.39 is 17.2 Å². The number of hydrogen-bond acceptors (Lipinski definition) is 2. The zero-order valence-electron chi connectivity index (χ0n) is 5.22. The predicted molar refractivity (Wildman–Crippen MR) is 32.3 cm³/mol. The van der Waals surface area contributed by atoms with Crippen molar-refractivity contribution < 1.29 is 4.39 Å². The number of rotatable bonds is 0. The van der Waals surface area contributed by atoms with Crippen LogP contribution in [0.15, 0.2) is 15.7 Å². The molecule has 0 amide bonds. The van der Waals surface area contributed by atoms with Crippen LogP contribution < -0.4 is 11.2 Å². The molecule has 0 bridgehead atoms. The van der Waals surface area contributed by atoms with Crippen LogP contribution in [0.3, 0.4) is 0 Å².